The Hall–Kier alpha value is -2.24. The van der Waals surface area contributed by atoms with Crippen LogP contribution in [0, 0.1) is 5.92 Å². The van der Waals surface area contributed by atoms with Crippen LogP contribution in [0.15, 0.2) is 18.2 Å². The van der Waals surface area contributed by atoms with Crippen molar-refractivity contribution in [3.63, 3.8) is 0 Å². The Labute approximate surface area is 123 Å². The predicted molar refractivity (Wildman–Crippen MR) is 78.9 cm³/mol. The molecule has 1 aliphatic rings. The van der Waals surface area contributed by atoms with Crippen molar-refractivity contribution in [3.05, 3.63) is 23.8 Å². The number of hydrogen-bond donors (Lipinski definition) is 2. The summed E-state index contributed by atoms with van der Waals surface area (Å²) in [5.41, 5.74) is 0.480. The van der Waals surface area contributed by atoms with Crippen molar-refractivity contribution in [2.75, 3.05) is 25.5 Å². The Morgan fingerprint density at radius 1 is 1.43 bits per heavy atom. The number of nitrogens with zero attached hydrogens (tertiary/aromatic N) is 1. The van der Waals surface area contributed by atoms with Crippen molar-refractivity contribution in [3.8, 4) is 5.75 Å². The van der Waals surface area contributed by atoms with E-state index in [1.807, 2.05) is 6.92 Å². The van der Waals surface area contributed by atoms with Gasteiger partial charge >= 0.3 is 12.0 Å². The Balaban J connectivity index is 2.13. The van der Waals surface area contributed by atoms with Crippen molar-refractivity contribution in [2.45, 2.75) is 19.8 Å². The van der Waals surface area contributed by atoms with E-state index < -0.39 is 5.97 Å². The van der Waals surface area contributed by atoms with Crippen LogP contribution in [0.25, 0.3) is 0 Å². The van der Waals surface area contributed by atoms with Gasteiger partial charge in [-0.2, -0.15) is 0 Å². The van der Waals surface area contributed by atoms with E-state index in [1.54, 1.807) is 4.90 Å². The highest BCUT2D eigenvalue weighted by atomic mass is 16.5. The number of carbonyl (C=O) groups excluding carboxylic acids is 1. The molecule has 0 atom stereocenters. The molecular weight excluding hydrogens is 272 g/mol. The first-order valence-corrected chi connectivity index (χ1v) is 7.02. The first-order valence-electron chi connectivity index (χ1n) is 7.02. The molecule has 0 bridgehead atoms. The van der Waals surface area contributed by atoms with Gasteiger partial charge in [0.1, 0.15) is 5.75 Å². The normalized spacial score (nSPS) is 13.6. The predicted octanol–water partition coefficient (Wildman–Crippen LogP) is 2.66. The number of amides is 2. The van der Waals surface area contributed by atoms with Crippen molar-refractivity contribution < 1.29 is 19.4 Å². The molecule has 2 rings (SSSR count). The maximum absolute atomic E-state index is 12.3. The molecule has 0 unspecified atom stereocenters. The van der Waals surface area contributed by atoms with Gasteiger partial charge in [0.2, 0.25) is 0 Å². The van der Waals surface area contributed by atoms with Gasteiger partial charge in [-0.25, -0.2) is 9.59 Å². The van der Waals surface area contributed by atoms with Crippen LogP contribution in [-0.2, 0) is 0 Å². The number of aromatic carboxylic acids is 1. The third kappa shape index (κ3) is 3.87. The molecule has 2 amide bonds. The van der Waals surface area contributed by atoms with E-state index in [0.717, 1.165) is 6.54 Å². The van der Waals surface area contributed by atoms with Gasteiger partial charge in [-0.05, 0) is 43.9 Å². The highest BCUT2D eigenvalue weighted by Gasteiger charge is 2.26. The number of carbonyl (C=O) groups is 2. The lowest BCUT2D eigenvalue weighted by Gasteiger charge is -2.22. The maximum atomic E-state index is 12.3. The zero-order valence-electron chi connectivity index (χ0n) is 12.3. The number of methoxy groups -OCH3 is 1. The quantitative estimate of drug-likeness (QED) is 0.845. The number of hydrogen-bond acceptors (Lipinski definition) is 3. The van der Waals surface area contributed by atoms with E-state index in [2.05, 4.69) is 5.32 Å². The van der Waals surface area contributed by atoms with Crippen molar-refractivity contribution >= 4 is 17.7 Å². The average molecular weight is 292 g/mol. The third-order valence-electron chi connectivity index (χ3n) is 3.53. The Morgan fingerprint density at radius 2 is 2.14 bits per heavy atom. The van der Waals surface area contributed by atoms with Crippen molar-refractivity contribution in [2.24, 2.45) is 5.92 Å². The highest BCUT2D eigenvalue weighted by molar-refractivity contribution is 5.94. The summed E-state index contributed by atoms with van der Waals surface area (Å²) < 4.78 is 5.16. The molecule has 21 heavy (non-hydrogen) atoms. The molecule has 0 aliphatic heterocycles. The first kappa shape index (κ1) is 15.2. The van der Waals surface area contributed by atoms with E-state index in [-0.39, 0.29) is 11.6 Å². The molecule has 1 fully saturated rings. The number of carboxylic acid groups (broad SMARTS) is 1. The fourth-order valence-corrected chi connectivity index (χ4v) is 2.10. The smallest absolute Gasteiger partial charge is 0.335 e. The lowest BCUT2D eigenvalue weighted by molar-refractivity contribution is 0.0697. The summed E-state index contributed by atoms with van der Waals surface area (Å²) in [4.78, 5) is 25.0. The molecule has 1 aromatic carbocycles. The van der Waals surface area contributed by atoms with Crippen LogP contribution in [0.1, 0.15) is 30.1 Å². The fraction of sp³-hybridized carbons (Fsp3) is 0.467. The molecule has 2 N–H and O–H groups in total. The number of anilines is 1. The minimum Gasteiger partial charge on any atom is -0.495 e. The highest BCUT2D eigenvalue weighted by Crippen LogP contribution is 2.30. The Morgan fingerprint density at radius 3 is 2.67 bits per heavy atom. The second-order valence-corrected chi connectivity index (χ2v) is 5.13. The van der Waals surface area contributed by atoms with Crippen LogP contribution in [0.4, 0.5) is 10.5 Å². The lowest BCUT2D eigenvalue weighted by Crippen LogP contribution is -2.36. The van der Waals surface area contributed by atoms with E-state index in [1.165, 1.54) is 38.2 Å². The van der Waals surface area contributed by atoms with Gasteiger partial charge in [0.15, 0.2) is 0 Å². The van der Waals surface area contributed by atoms with Crippen molar-refractivity contribution in [1.29, 1.82) is 0 Å². The summed E-state index contributed by atoms with van der Waals surface area (Å²) in [6.07, 6.45) is 2.34. The monoisotopic (exact) mass is 292 g/mol. The Kier molecular flexibility index (Phi) is 4.67. The zero-order chi connectivity index (χ0) is 15.4. The van der Waals surface area contributed by atoms with E-state index in [0.29, 0.717) is 23.9 Å². The van der Waals surface area contributed by atoms with Gasteiger partial charge in [0.25, 0.3) is 0 Å². The second kappa shape index (κ2) is 6.47. The van der Waals surface area contributed by atoms with Crippen LogP contribution in [0.5, 0.6) is 5.75 Å². The molecule has 0 heterocycles. The molecule has 1 aliphatic carbocycles. The van der Waals surface area contributed by atoms with Gasteiger partial charge in [0, 0.05) is 13.1 Å². The minimum atomic E-state index is -1.04. The summed E-state index contributed by atoms with van der Waals surface area (Å²) >= 11 is 0. The maximum Gasteiger partial charge on any atom is 0.335 e. The molecule has 0 radical (unpaired) electrons. The van der Waals surface area contributed by atoms with Crippen LogP contribution in [-0.4, -0.2) is 42.2 Å². The SMILES string of the molecule is CCN(CC1CC1)C(=O)Nc1cc(C(=O)O)ccc1OC. The first-order chi connectivity index (χ1) is 10.0. The number of urea groups is 1. The van der Waals surface area contributed by atoms with E-state index in [9.17, 15) is 9.59 Å². The van der Waals surface area contributed by atoms with Crippen LogP contribution in [0.2, 0.25) is 0 Å². The molecule has 0 saturated heterocycles. The fourth-order valence-electron chi connectivity index (χ4n) is 2.10. The van der Waals surface area contributed by atoms with E-state index >= 15 is 0 Å². The standard InChI is InChI=1S/C15H20N2O4/c1-3-17(9-10-4-5-10)15(20)16-12-8-11(14(18)19)6-7-13(12)21-2/h6-8,10H,3-5,9H2,1-2H3,(H,16,20)(H,18,19). The summed E-state index contributed by atoms with van der Waals surface area (Å²) in [6, 6.07) is 4.16. The van der Waals surface area contributed by atoms with Gasteiger partial charge in [-0.1, -0.05) is 0 Å². The van der Waals surface area contributed by atoms with Crippen molar-refractivity contribution in [1.82, 2.24) is 4.90 Å². The molecule has 0 spiro atoms. The number of carboxylic acids is 1. The van der Waals surface area contributed by atoms with Gasteiger partial charge in [0.05, 0.1) is 18.4 Å². The average Bonchev–Trinajstić information content (AvgIpc) is 3.28. The molecule has 6 heteroatoms. The van der Waals surface area contributed by atoms with E-state index in [4.69, 9.17) is 9.84 Å². The summed E-state index contributed by atoms with van der Waals surface area (Å²) in [5.74, 6) is -0.00254. The molecule has 1 saturated carbocycles. The van der Waals surface area contributed by atoms with Crippen LogP contribution in [0.3, 0.4) is 0 Å². The van der Waals surface area contributed by atoms with Gasteiger partial charge in [-0.15, -0.1) is 0 Å². The van der Waals surface area contributed by atoms with Crippen LogP contribution >= 0.6 is 0 Å². The minimum absolute atomic E-state index is 0.108. The summed E-state index contributed by atoms with van der Waals surface area (Å²) in [7, 11) is 1.48. The van der Waals surface area contributed by atoms with Crippen LogP contribution < -0.4 is 10.1 Å². The second-order valence-electron chi connectivity index (χ2n) is 5.13. The summed E-state index contributed by atoms with van der Waals surface area (Å²) in [6.45, 7) is 3.28. The third-order valence-corrected chi connectivity index (χ3v) is 3.53. The molecule has 6 nitrogen and oxygen atoms in total. The summed E-state index contributed by atoms with van der Waals surface area (Å²) in [5, 5.41) is 11.8. The Bertz CT molecular complexity index is 540. The lowest BCUT2D eigenvalue weighted by atomic mass is 10.2. The largest absolute Gasteiger partial charge is 0.495 e. The molecule has 1 aromatic rings. The molecule has 0 aromatic heterocycles. The zero-order valence-corrected chi connectivity index (χ0v) is 12.3. The number of benzene rings is 1. The number of nitrogens with one attached hydrogen (secondary N) is 1. The molecule has 114 valence electrons. The number of ether oxygens (including phenoxy) is 1. The number of rotatable bonds is 6. The topological polar surface area (TPSA) is 78.9 Å². The van der Waals surface area contributed by atoms with Gasteiger partial charge in [-0.3, -0.25) is 0 Å². The molecular formula is C15H20N2O4. The van der Waals surface area contributed by atoms with Gasteiger partial charge < -0.3 is 20.1 Å².